The molecule has 0 aromatic heterocycles. The monoisotopic (exact) mass is 254 g/mol. The highest BCUT2D eigenvalue weighted by Crippen LogP contribution is 2.18. The van der Waals surface area contributed by atoms with Crippen LogP contribution >= 0.6 is 0 Å². The highest BCUT2D eigenvalue weighted by molar-refractivity contribution is 5.94. The van der Waals surface area contributed by atoms with E-state index in [4.69, 9.17) is 5.73 Å². The minimum absolute atomic E-state index is 0.0000302. The van der Waals surface area contributed by atoms with Gasteiger partial charge in [-0.05, 0) is 43.9 Å². The fourth-order valence-electron chi connectivity index (χ4n) is 2.20. The third-order valence-electron chi connectivity index (χ3n) is 3.28. The highest BCUT2D eigenvalue weighted by Gasteiger charge is 2.22. The van der Waals surface area contributed by atoms with Crippen molar-refractivity contribution in [2.75, 3.05) is 0 Å². The zero-order chi connectivity index (χ0) is 13.1. The molecule has 18 heavy (non-hydrogen) atoms. The fourth-order valence-corrected chi connectivity index (χ4v) is 2.20. The van der Waals surface area contributed by atoms with Crippen molar-refractivity contribution in [1.82, 2.24) is 5.32 Å². The Morgan fingerprint density at radius 2 is 1.89 bits per heavy atom. The molecule has 0 unspecified atom stereocenters. The van der Waals surface area contributed by atoms with E-state index in [0.717, 1.165) is 43.9 Å². The lowest BCUT2D eigenvalue weighted by Crippen LogP contribution is -2.40. The van der Waals surface area contributed by atoms with E-state index in [0.29, 0.717) is 0 Å². The van der Waals surface area contributed by atoms with Gasteiger partial charge in [0.2, 0.25) is 0 Å². The van der Waals surface area contributed by atoms with Crippen molar-refractivity contribution in [1.29, 1.82) is 0 Å². The molecular weight excluding hydrogens is 238 g/mol. The Hall–Kier alpha value is -1.49. The second-order valence-corrected chi connectivity index (χ2v) is 4.71. The molecule has 1 amide bonds. The van der Waals surface area contributed by atoms with Gasteiger partial charge < -0.3 is 11.1 Å². The number of hydrogen-bond donors (Lipinski definition) is 2. The van der Waals surface area contributed by atoms with E-state index in [1.807, 2.05) is 0 Å². The molecule has 0 aliphatic heterocycles. The van der Waals surface area contributed by atoms with Crippen molar-refractivity contribution in [2.24, 2.45) is 5.73 Å². The predicted octanol–water partition coefficient (Wildman–Crippen LogP) is 1.96. The lowest BCUT2D eigenvalue weighted by molar-refractivity contribution is 0.0921. The zero-order valence-corrected chi connectivity index (χ0v) is 9.96. The van der Waals surface area contributed by atoms with Crippen molar-refractivity contribution < 1.29 is 13.6 Å². The Labute approximate surface area is 104 Å². The quantitative estimate of drug-likeness (QED) is 0.847. The van der Waals surface area contributed by atoms with Gasteiger partial charge >= 0.3 is 0 Å². The summed E-state index contributed by atoms with van der Waals surface area (Å²) < 4.78 is 26.4. The molecule has 1 aliphatic rings. The van der Waals surface area contributed by atoms with Gasteiger partial charge in [-0.3, -0.25) is 4.79 Å². The average Bonchev–Trinajstić information content (AvgIpc) is 2.35. The summed E-state index contributed by atoms with van der Waals surface area (Å²) in [7, 11) is 0. The van der Waals surface area contributed by atoms with Gasteiger partial charge in [0.1, 0.15) is 11.6 Å². The lowest BCUT2D eigenvalue weighted by atomic mass is 9.91. The second-order valence-electron chi connectivity index (χ2n) is 4.71. The first-order valence-corrected chi connectivity index (χ1v) is 6.08. The summed E-state index contributed by atoms with van der Waals surface area (Å²) in [5, 5.41) is 2.72. The first-order chi connectivity index (χ1) is 8.56. The Morgan fingerprint density at radius 3 is 2.56 bits per heavy atom. The molecule has 0 atom stereocenters. The normalized spacial score (nSPS) is 23.7. The van der Waals surface area contributed by atoms with E-state index >= 15 is 0 Å². The summed E-state index contributed by atoms with van der Waals surface area (Å²) >= 11 is 0. The largest absolute Gasteiger partial charge is 0.349 e. The van der Waals surface area contributed by atoms with Crippen LogP contribution in [0.3, 0.4) is 0 Å². The van der Waals surface area contributed by atoms with Gasteiger partial charge in [0.15, 0.2) is 0 Å². The molecule has 3 nitrogen and oxygen atoms in total. The summed E-state index contributed by atoms with van der Waals surface area (Å²) in [6.45, 7) is 0. The van der Waals surface area contributed by atoms with Gasteiger partial charge in [-0.15, -0.1) is 0 Å². The molecule has 0 bridgehead atoms. The number of amides is 1. The third-order valence-corrected chi connectivity index (χ3v) is 3.28. The van der Waals surface area contributed by atoms with Crippen LogP contribution in [-0.4, -0.2) is 18.0 Å². The number of rotatable bonds is 2. The van der Waals surface area contributed by atoms with Gasteiger partial charge in [0.25, 0.3) is 5.91 Å². The molecule has 1 aliphatic carbocycles. The van der Waals surface area contributed by atoms with E-state index in [9.17, 15) is 13.6 Å². The van der Waals surface area contributed by atoms with Gasteiger partial charge in [-0.2, -0.15) is 0 Å². The smallest absolute Gasteiger partial charge is 0.254 e. The van der Waals surface area contributed by atoms with Crippen molar-refractivity contribution in [3.05, 3.63) is 35.4 Å². The number of hydrogen-bond acceptors (Lipinski definition) is 2. The number of halogens is 2. The summed E-state index contributed by atoms with van der Waals surface area (Å²) in [5.74, 6) is -1.89. The molecule has 0 spiro atoms. The number of benzene rings is 1. The standard InChI is InChI=1S/C13H16F2N2O/c14-8-1-6-12(15)11(7-8)13(18)17-10-4-2-9(16)3-5-10/h1,6-7,9-10H,2-5,16H2,(H,17,18). The van der Waals surface area contributed by atoms with Gasteiger partial charge in [0, 0.05) is 12.1 Å². The molecule has 2 rings (SSSR count). The van der Waals surface area contributed by atoms with Gasteiger partial charge in [0.05, 0.1) is 5.56 Å². The molecule has 1 aromatic rings. The Balaban J connectivity index is 2.01. The molecule has 5 heteroatoms. The SMILES string of the molecule is NC1CCC(NC(=O)c2cc(F)ccc2F)CC1. The van der Waals surface area contributed by atoms with Crippen LogP contribution < -0.4 is 11.1 Å². The average molecular weight is 254 g/mol. The van der Waals surface area contributed by atoms with Crippen LogP contribution in [0.5, 0.6) is 0 Å². The van der Waals surface area contributed by atoms with Crippen LogP contribution in [0.15, 0.2) is 18.2 Å². The van der Waals surface area contributed by atoms with Gasteiger partial charge in [-0.25, -0.2) is 8.78 Å². The Morgan fingerprint density at radius 1 is 1.22 bits per heavy atom. The van der Waals surface area contributed by atoms with E-state index in [1.54, 1.807) is 0 Å². The van der Waals surface area contributed by atoms with Crippen LogP contribution in [-0.2, 0) is 0 Å². The molecule has 1 fully saturated rings. The number of carbonyl (C=O) groups excluding carboxylic acids is 1. The molecular formula is C13H16F2N2O. The van der Waals surface area contributed by atoms with Crippen LogP contribution in [0.25, 0.3) is 0 Å². The van der Waals surface area contributed by atoms with Crippen molar-refractivity contribution >= 4 is 5.91 Å². The molecule has 0 heterocycles. The first kappa shape index (κ1) is 13.0. The van der Waals surface area contributed by atoms with E-state index in [2.05, 4.69) is 5.32 Å². The Bertz CT molecular complexity index is 443. The molecule has 1 aromatic carbocycles. The maximum absolute atomic E-state index is 13.4. The summed E-state index contributed by atoms with van der Waals surface area (Å²) in [5.41, 5.74) is 5.52. The molecule has 0 saturated heterocycles. The first-order valence-electron chi connectivity index (χ1n) is 6.08. The maximum Gasteiger partial charge on any atom is 0.254 e. The minimum atomic E-state index is -0.707. The van der Waals surface area contributed by atoms with E-state index in [1.165, 1.54) is 0 Å². The van der Waals surface area contributed by atoms with Crippen molar-refractivity contribution in [2.45, 2.75) is 37.8 Å². The van der Waals surface area contributed by atoms with E-state index < -0.39 is 17.5 Å². The third kappa shape index (κ3) is 3.04. The maximum atomic E-state index is 13.4. The van der Waals surface area contributed by atoms with Crippen molar-refractivity contribution in [3.8, 4) is 0 Å². The lowest BCUT2D eigenvalue weighted by Gasteiger charge is -2.26. The minimum Gasteiger partial charge on any atom is -0.349 e. The van der Waals surface area contributed by atoms with Crippen molar-refractivity contribution in [3.63, 3.8) is 0 Å². The topological polar surface area (TPSA) is 55.1 Å². The fraction of sp³-hybridized carbons (Fsp3) is 0.462. The molecule has 3 N–H and O–H groups in total. The summed E-state index contributed by atoms with van der Waals surface area (Å²) in [4.78, 5) is 11.8. The highest BCUT2D eigenvalue weighted by atomic mass is 19.1. The molecule has 0 radical (unpaired) electrons. The summed E-state index contributed by atoms with van der Waals surface area (Å²) in [6.07, 6.45) is 3.25. The second kappa shape index (κ2) is 5.44. The van der Waals surface area contributed by atoms with E-state index in [-0.39, 0.29) is 17.6 Å². The van der Waals surface area contributed by atoms with Crippen LogP contribution in [0, 0.1) is 11.6 Å². The summed E-state index contributed by atoms with van der Waals surface area (Å²) in [6, 6.07) is 3.05. The molecule has 1 saturated carbocycles. The zero-order valence-electron chi connectivity index (χ0n) is 9.96. The van der Waals surface area contributed by atoms with Crippen LogP contribution in [0.4, 0.5) is 8.78 Å². The van der Waals surface area contributed by atoms with Gasteiger partial charge in [-0.1, -0.05) is 0 Å². The number of nitrogens with one attached hydrogen (secondary N) is 1. The number of carbonyl (C=O) groups is 1. The number of nitrogens with two attached hydrogens (primary N) is 1. The van der Waals surface area contributed by atoms with Crippen LogP contribution in [0.1, 0.15) is 36.0 Å². The predicted molar refractivity (Wildman–Crippen MR) is 64.1 cm³/mol. The Kier molecular flexibility index (Phi) is 3.91. The van der Waals surface area contributed by atoms with Crippen LogP contribution in [0.2, 0.25) is 0 Å². The molecule has 98 valence electrons.